The van der Waals surface area contributed by atoms with Crippen LogP contribution in [0.4, 0.5) is 0 Å². The van der Waals surface area contributed by atoms with E-state index >= 15 is 0 Å². The average molecular weight is 322 g/mol. The Bertz CT molecular complexity index is 670. The Labute approximate surface area is 132 Å². The van der Waals surface area contributed by atoms with Crippen LogP contribution in [0.5, 0.6) is 0 Å². The summed E-state index contributed by atoms with van der Waals surface area (Å²) in [7, 11) is 0. The lowest BCUT2D eigenvalue weighted by Gasteiger charge is -2.38. The van der Waals surface area contributed by atoms with Crippen molar-refractivity contribution < 1.29 is 9.90 Å². The van der Waals surface area contributed by atoms with Crippen molar-refractivity contribution in [1.82, 2.24) is 4.90 Å². The van der Waals surface area contributed by atoms with Gasteiger partial charge in [0.2, 0.25) is 0 Å². The van der Waals surface area contributed by atoms with Crippen molar-refractivity contribution in [3.63, 3.8) is 0 Å². The Hall–Kier alpha value is -1.36. The highest BCUT2D eigenvalue weighted by molar-refractivity contribution is 7.14. The van der Waals surface area contributed by atoms with Crippen molar-refractivity contribution in [2.75, 3.05) is 0 Å². The molecule has 0 saturated carbocycles. The van der Waals surface area contributed by atoms with Crippen molar-refractivity contribution in [2.45, 2.75) is 32.0 Å². The second kappa shape index (κ2) is 5.79. The fourth-order valence-corrected chi connectivity index (χ4v) is 3.89. The van der Waals surface area contributed by atoms with Crippen LogP contribution in [0.1, 0.15) is 29.7 Å². The Kier molecular flexibility index (Phi) is 4.02. The number of nitrogens with zero attached hydrogens (tertiary/aromatic N) is 1. The highest BCUT2D eigenvalue weighted by atomic mass is 35.5. The van der Waals surface area contributed by atoms with Gasteiger partial charge in [0.1, 0.15) is 6.04 Å². The van der Waals surface area contributed by atoms with Crippen LogP contribution < -0.4 is 0 Å². The molecule has 1 aromatic heterocycles. The third-order valence-corrected chi connectivity index (χ3v) is 5.25. The second-order valence-electron chi connectivity index (χ2n) is 5.36. The third-order valence-electron chi connectivity index (χ3n) is 4.14. The molecule has 0 aliphatic carbocycles. The minimum atomic E-state index is -0.766. The predicted octanol–water partition coefficient (Wildman–Crippen LogP) is 3.97. The zero-order valence-electron chi connectivity index (χ0n) is 11.6. The van der Waals surface area contributed by atoms with Crippen molar-refractivity contribution in [3.05, 3.63) is 56.7 Å². The van der Waals surface area contributed by atoms with Crippen LogP contribution in [0.2, 0.25) is 4.34 Å². The average Bonchev–Trinajstić information content (AvgIpc) is 2.91. The number of aliphatic carboxylic acids is 1. The van der Waals surface area contributed by atoms with Crippen LogP contribution in [0, 0.1) is 0 Å². The van der Waals surface area contributed by atoms with Crippen LogP contribution in [0.15, 0.2) is 35.7 Å². The van der Waals surface area contributed by atoms with E-state index in [1.165, 1.54) is 16.9 Å². The zero-order chi connectivity index (χ0) is 15.0. The molecular formula is C16H16ClNO2S. The molecule has 3 rings (SSSR count). The topological polar surface area (TPSA) is 40.5 Å². The van der Waals surface area contributed by atoms with Gasteiger partial charge in [0, 0.05) is 12.6 Å². The van der Waals surface area contributed by atoms with E-state index < -0.39 is 12.0 Å². The van der Waals surface area contributed by atoms with Crippen LogP contribution in [0.25, 0.3) is 0 Å². The van der Waals surface area contributed by atoms with Gasteiger partial charge in [0.15, 0.2) is 0 Å². The summed E-state index contributed by atoms with van der Waals surface area (Å²) in [5, 5.41) is 11.6. The van der Waals surface area contributed by atoms with Crippen LogP contribution in [0.3, 0.4) is 0 Å². The molecule has 0 saturated heterocycles. The molecule has 3 nitrogen and oxygen atoms in total. The van der Waals surface area contributed by atoms with Gasteiger partial charge in [-0.1, -0.05) is 35.9 Å². The number of rotatable bonds is 3. The summed E-state index contributed by atoms with van der Waals surface area (Å²) in [4.78, 5) is 13.7. The molecule has 1 N–H and O–H groups in total. The molecule has 1 aromatic carbocycles. The summed E-state index contributed by atoms with van der Waals surface area (Å²) in [6.07, 6.45) is 0.549. The SMILES string of the molecule is CC(c1csc(Cl)c1)N1Cc2ccccc2CC1C(=O)O. The Morgan fingerprint density at radius 1 is 1.43 bits per heavy atom. The minimum absolute atomic E-state index is 0.0307. The number of carboxylic acid groups (broad SMARTS) is 1. The van der Waals surface area contributed by atoms with Gasteiger partial charge < -0.3 is 5.11 Å². The maximum absolute atomic E-state index is 11.7. The van der Waals surface area contributed by atoms with Crippen LogP contribution in [-0.4, -0.2) is 22.0 Å². The van der Waals surface area contributed by atoms with Gasteiger partial charge in [-0.3, -0.25) is 9.69 Å². The lowest BCUT2D eigenvalue weighted by molar-refractivity contribution is -0.145. The molecule has 0 bridgehead atoms. The molecule has 5 heteroatoms. The molecule has 2 aromatic rings. The highest BCUT2D eigenvalue weighted by Crippen LogP contribution is 2.34. The Balaban J connectivity index is 1.94. The first-order chi connectivity index (χ1) is 10.1. The number of hydrogen-bond donors (Lipinski definition) is 1. The molecule has 2 unspecified atom stereocenters. The molecule has 0 amide bonds. The summed E-state index contributed by atoms with van der Waals surface area (Å²) in [6.45, 7) is 2.70. The van der Waals surface area contributed by atoms with E-state index in [1.54, 1.807) is 0 Å². The van der Waals surface area contributed by atoms with E-state index in [1.807, 2.05) is 41.5 Å². The molecular weight excluding hydrogens is 306 g/mol. The first-order valence-electron chi connectivity index (χ1n) is 6.85. The third kappa shape index (κ3) is 2.84. The maximum Gasteiger partial charge on any atom is 0.321 e. The van der Waals surface area contributed by atoms with E-state index in [0.717, 1.165) is 15.5 Å². The summed E-state index contributed by atoms with van der Waals surface area (Å²) in [6, 6.07) is 9.54. The van der Waals surface area contributed by atoms with E-state index in [0.29, 0.717) is 13.0 Å². The lowest BCUT2D eigenvalue weighted by atomic mass is 9.92. The Morgan fingerprint density at radius 2 is 2.14 bits per heavy atom. The largest absolute Gasteiger partial charge is 0.480 e. The normalized spacial score (nSPS) is 20.0. The number of carbonyl (C=O) groups is 1. The summed E-state index contributed by atoms with van der Waals surface area (Å²) < 4.78 is 0.737. The van der Waals surface area contributed by atoms with Crippen molar-refractivity contribution in [1.29, 1.82) is 0 Å². The van der Waals surface area contributed by atoms with E-state index in [-0.39, 0.29) is 6.04 Å². The first-order valence-corrected chi connectivity index (χ1v) is 8.11. The van der Waals surface area contributed by atoms with Crippen molar-refractivity contribution >= 4 is 28.9 Å². The molecule has 21 heavy (non-hydrogen) atoms. The predicted molar refractivity (Wildman–Crippen MR) is 84.9 cm³/mol. The first kappa shape index (κ1) is 14.6. The molecule has 0 fully saturated rings. The van der Waals surface area contributed by atoms with Gasteiger partial charge in [-0.2, -0.15) is 0 Å². The fraction of sp³-hybridized carbons (Fsp3) is 0.312. The monoisotopic (exact) mass is 321 g/mol. The van der Waals surface area contributed by atoms with Crippen molar-refractivity contribution in [2.24, 2.45) is 0 Å². The van der Waals surface area contributed by atoms with E-state index in [9.17, 15) is 9.90 Å². The standard InChI is InChI=1S/C16H16ClNO2S/c1-10(13-7-15(17)21-9-13)18-8-12-5-3-2-4-11(12)6-14(18)16(19)20/h2-5,7,9-10,14H,6,8H2,1H3,(H,19,20). The smallest absolute Gasteiger partial charge is 0.321 e. The van der Waals surface area contributed by atoms with Crippen LogP contribution >= 0.6 is 22.9 Å². The summed E-state index contributed by atoms with van der Waals surface area (Å²) in [5.74, 6) is -0.766. The quantitative estimate of drug-likeness (QED) is 0.929. The van der Waals surface area contributed by atoms with E-state index in [2.05, 4.69) is 6.07 Å². The summed E-state index contributed by atoms with van der Waals surface area (Å²) >= 11 is 7.49. The number of carboxylic acids is 1. The molecule has 2 heterocycles. The number of fused-ring (bicyclic) bond motifs is 1. The lowest BCUT2D eigenvalue weighted by Crippen LogP contribution is -2.46. The molecule has 1 aliphatic rings. The number of hydrogen-bond acceptors (Lipinski definition) is 3. The molecule has 0 spiro atoms. The number of benzene rings is 1. The zero-order valence-corrected chi connectivity index (χ0v) is 13.2. The van der Waals surface area contributed by atoms with E-state index in [4.69, 9.17) is 11.6 Å². The van der Waals surface area contributed by atoms with Gasteiger partial charge in [-0.15, -0.1) is 11.3 Å². The van der Waals surface area contributed by atoms with Gasteiger partial charge in [-0.05, 0) is 41.5 Å². The van der Waals surface area contributed by atoms with Gasteiger partial charge in [0.05, 0.1) is 4.34 Å². The maximum atomic E-state index is 11.7. The molecule has 1 aliphatic heterocycles. The molecule has 0 radical (unpaired) electrons. The van der Waals surface area contributed by atoms with Gasteiger partial charge in [0.25, 0.3) is 0 Å². The summed E-state index contributed by atoms with van der Waals surface area (Å²) in [5.41, 5.74) is 3.43. The highest BCUT2D eigenvalue weighted by Gasteiger charge is 2.34. The minimum Gasteiger partial charge on any atom is -0.480 e. The van der Waals surface area contributed by atoms with Gasteiger partial charge >= 0.3 is 5.97 Å². The van der Waals surface area contributed by atoms with Crippen molar-refractivity contribution in [3.8, 4) is 0 Å². The van der Waals surface area contributed by atoms with Crippen LogP contribution in [-0.2, 0) is 17.8 Å². The molecule has 110 valence electrons. The van der Waals surface area contributed by atoms with Gasteiger partial charge in [-0.25, -0.2) is 0 Å². The number of thiophene rings is 1. The number of halogens is 1. The fourth-order valence-electron chi connectivity index (χ4n) is 2.91. The Morgan fingerprint density at radius 3 is 2.76 bits per heavy atom. The molecule has 2 atom stereocenters. The second-order valence-corrected chi connectivity index (χ2v) is 6.90.